The van der Waals surface area contributed by atoms with Gasteiger partial charge < -0.3 is 95.0 Å². The van der Waals surface area contributed by atoms with E-state index < -0.39 is 132 Å². The minimum absolute atomic E-state index is 0.0281. The molecule has 2 saturated heterocycles. The highest BCUT2D eigenvalue weighted by Crippen LogP contribution is 2.25. The Labute approximate surface area is 575 Å². The van der Waals surface area contributed by atoms with E-state index in [9.17, 15) is 68.1 Å². The molecule has 0 aliphatic carbocycles. The molecule has 2 fully saturated rings. The molecule has 0 bridgehead atoms. The summed E-state index contributed by atoms with van der Waals surface area (Å²) in [5.41, 5.74) is 19.7. The lowest BCUT2D eigenvalue weighted by atomic mass is 10.0. The Bertz CT molecular complexity index is 3360. The molecule has 0 radical (unpaired) electrons. The van der Waals surface area contributed by atoms with Crippen molar-refractivity contribution in [2.24, 2.45) is 17.2 Å². The zero-order chi connectivity index (χ0) is 71.1. The number of unbranched alkanes of at least 4 members (excludes halogenated alkanes) is 1. The van der Waals surface area contributed by atoms with Crippen LogP contribution < -0.4 is 65.1 Å². The van der Waals surface area contributed by atoms with E-state index in [0.29, 0.717) is 55.2 Å². The highest BCUT2D eigenvalue weighted by Gasteiger charge is 2.38. The number of aliphatic carboxylic acids is 1. The third-order valence-corrected chi connectivity index (χ3v) is 19.0. The van der Waals surface area contributed by atoms with Crippen molar-refractivity contribution >= 4 is 103 Å². The van der Waals surface area contributed by atoms with E-state index in [2.05, 4.69) is 52.8 Å². The number of hydrogen-bond donors (Lipinski definition) is 16. The summed E-state index contributed by atoms with van der Waals surface area (Å²) in [6, 6.07) is 6.38. The molecule has 2 aliphatic rings. The summed E-state index contributed by atoms with van der Waals surface area (Å²) in [6.45, 7) is 0.793. The Balaban J connectivity index is 1.37. The van der Waals surface area contributed by atoms with Gasteiger partial charge in [-0.2, -0.15) is 0 Å². The smallest absolute Gasteiger partial charge is 0.303 e. The van der Waals surface area contributed by atoms with E-state index in [1.165, 1.54) is 60.5 Å². The van der Waals surface area contributed by atoms with Gasteiger partial charge in [-0.3, -0.25) is 57.5 Å². The van der Waals surface area contributed by atoms with Crippen LogP contribution in [-0.4, -0.2) is 202 Å². The fraction of sp³-hybridized carbons (Fsp3) is 0.515. The van der Waals surface area contributed by atoms with Crippen LogP contribution in [0.25, 0.3) is 10.9 Å². The number of hydrogen-bond acceptors (Lipinski definition) is 19. The minimum Gasteiger partial charge on any atom is -0.508 e. The van der Waals surface area contributed by atoms with E-state index in [-0.39, 0.29) is 119 Å². The number of carbonyl (C=O) groups is 12. The monoisotopic (exact) mass is 1400 g/mol. The Kier molecular flexibility index (Phi) is 32.4. The third kappa shape index (κ3) is 25.5. The second-order valence-electron chi connectivity index (χ2n) is 24.1. The number of carbonyl (C=O) groups excluding carboxylic acids is 11. The molecule has 4 aromatic rings. The lowest BCUT2D eigenvalue weighted by Crippen LogP contribution is -2.60. The van der Waals surface area contributed by atoms with Crippen LogP contribution in [-0.2, 0) is 81.5 Å². The van der Waals surface area contributed by atoms with Gasteiger partial charge in [0.05, 0.1) is 0 Å². The average Bonchev–Trinajstić information content (AvgIpc) is 1.60. The first-order valence-electron chi connectivity index (χ1n) is 32.8. The molecule has 3 heterocycles. The van der Waals surface area contributed by atoms with Gasteiger partial charge in [-0.1, -0.05) is 70.5 Å². The van der Waals surface area contributed by atoms with Crippen LogP contribution in [0.4, 0.5) is 0 Å². The van der Waals surface area contributed by atoms with Crippen molar-refractivity contribution in [3.63, 3.8) is 0 Å². The number of aromatic hydroxyl groups is 2. The van der Waals surface area contributed by atoms with Gasteiger partial charge >= 0.3 is 5.97 Å². The van der Waals surface area contributed by atoms with Crippen LogP contribution in [0, 0.1) is 0 Å². The lowest BCUT2D eigenvalue weighted by Gasteiger charge is -2.28. The average molecular weight is 1400 g/mol. The highest BCUT2D eigenvalue weighted by atomic mass is 33.1. The molecule has 1 aromatic heterocycles. The number of phenols is 2. The Hall–Kier alpha value is -8.98. The largest absolute Gasteiger partial charge is 0.508 e. The Morgan fingerprint density at radius 1 is 0.653 bits per heavy atom. The number of nitrogens with two attached hydrogens (primary N) is 3. The number of para-hydroxylation sites is 1. The summed E-state index contributed by atoms with van der Waals surface area (Å²) in [7, 11) is 3.22. The van der Waals surface area contributed by atoms with Crippen LogP contribution in [0.5, 0.6) is 11.5 Å². The molecular weight excluding hydrogens is 1310 g/mol. The maximum Gasteiger partial charge on any atom is 0.303 e. The predicted molar refractivity (Wildman–Crippen MR) is 366 cm³/mol. The van der Waals surface area contributed by atoms with Crippen LogP contribution in [0.1, 0.15) is 107 Å². The summed E-state index contributed by atoms with van der Waals surface area (Å²) in [4.78, 5) is 173. The number of phenolic OH excluding ortho intramolecular Hbond substituents is 2. The zero-order valence-corrected chi connectivity index (χ0v) is 56.4. The summed E-state index contributed by atoms with van der Waals surface area (Å²) >= 11 is 0. The first-order valence-corrected chi connectivity index (χ1v) is 35.3. The van der Waals surface area contributed by atoms with Gasteiger partial charge in [0.1, 0.15) is 65.9 Å². The number of ether oxygens (including phenoxy) is 1. The number of nitrogens with one attached hydrogen (secondary N) is 10. The molecule has 3 aromatic carbocycles. The second kappa shape index (κ2) is 40.7. The standard InChI is InChI=1S/C66H92N14O16S2/c1-96-32-10-14-47-60(89)76-49(33-39-17-21-42(81)22-18-39)62(91)73-46(13-6-7-28-67)59(88)70-30-8-2-3-16-55(83)72-51(35-41-36-71-45-12-5-4-11-44(41)45)64(93)75-48(25-26-57(85)86)61(90)78-52(58(69)87)37-97-98-38-53(65(94)74-47)79-63(92)50(34-40-19-23-43(82)24-20-40)77-66(95)54-15-9-31-80(54)56(84)27-29-68/h4-5,11-12,17-24,36,46-54,71,81-82H,2-3,6-10,13-16,25-35,37-38,67-68H2,1H3,(H2,69,87)(H,70,88)(H,72,83)(H,73,91)(H,74,94)(H,75,93)(H,76,89)(H,77,95)(H,78,90)(H,79,92)(H,85,86)/t46-,47-,48-,49-,50-,51-,52-,53-,54-/m0/s1. The number of carboxylic acid groups (broad SMARTS) is 1. The molecule has 0 spiro atoms. The molecule has 11 amide bonds. The van der Waals surface area contributed by atoms with Crippen molar-refractivity contribution in [1.29, 1.82) is 0 Å². The number of aromatic nitrogens is 1. The molecule has 9 atom stereocenters. The normalized spacial score (nSPS) is 22.2. The molecule has 6 rings (SSSR count). The Morgan fingerprint density at radius 2 is 1.27 bits per heavy atom. The third-order valence-electron chi connectivity index (χ3n) is 16.6. The van der Waals surface area contributed by atoms with Crippen molar-refractivity contribution in [2.45, 2.75) is 164 Å². The number of fused-ring (bicyclic) bond motifs is 1. The van der Waals surface area contributed by atoms with E-state index in [4.69, 9.17) is 21.9 Å². The number of nitrogens with zero attached hydrogens (tertiary/aromatic N) is 1. The van der Waals surface area contributed by atoms with Gasteiger partial charge in [0, 0.05) is 100 Å². The van der Waals surface area contributed by atoms with E-state index in [1.807, 2.05) is 18.2 Å². The van der Waals surface area contributed by atoms with Crippen LogP contribution >= 0.6 is 21.6 Å². The SMILES string of the molecule is COCCC[C@@H]1NC(=O)[C@@H](NC(=O)[C@H](Cc2ccc(O)cc2)NC(=O)[C@@H]2CCCN2C(=O)CCN)CSSC[C@@H](C(N)=O)NC(=O)[C@H](CCC(=O)O)NC(=O)[C@H](Cc2c[nH]c3ccccc23)NC(=O)CCCCCNC(=O)[C@H](CCCCN)NC(=O)[C@H](Cc2ccc(O)cc2)NC1=O. The molecule has 0 unspecified atom stereocenters. The maximum absolute atomic E-state index is 15.0. The number of primary amides is 1. The number of likely N-dealkylation sites (tertiary alicyclic amines) is 1. The van der Waals surface area contributed by atoms with Crippen molar-refractivity contribution in [1.82, 2.24) is 57.7 Å². The second-order valence-corrected chi connectivity index (χ2v) is 26.6. The quantitative estimate of drug-likeness (QED) is 0.0319. The van der Waals surface area contributed by atoms with E-state index in [0.717, 1.165) is 32.5 Å². The van der Waals surface area contributed by atoms with Crippen molar-refractivity contribution in [3.8, 4) is 11.5 Å². The first kappa shape index (κ1) is 78.0. The van der Waals surface area contributed by atoms with Crippen LogP contribution in [0.2, 0.25) is 0 Å². The molecular formula is C66H92N14O16S2. The maximum atomic E-state index is 15.0. The summed E-state index contributed by atoms with van der Waals surface area (Å²) in [5, 5.41) is 55.3. The minimum atomic E-state index is -1.61. The van der Waals surface area contributed by atoms with Crippen molar-refractivity contribution in [3.05, 3.63) is 95.7 Å². The van der Waals surface area contributed by atoms with Gasteiger partial charge in [0.25, 0.3) is 0 Å². The summed E-state index contributed by atoms with van der Waals surface area (Å²) in [6.07, 6.45) is 2.99. The van der Waals surface area contributed by atoms with Crippen molar-refractivity contribution < 1.29 is 77.6 Å². The zero-order valence-electron chi connectivity index (χ0n) is 54.8. The molecule has 30 nitrogen and oxygen atoms in total. The molecule has 0 saturated carbocycles. The fourth-order valence-corrected chi connectivity index (χ4v) is 13.5. The van der Waals surface area contributed by atoms with Crippen LogP contribution in [0.15, 0.2) is 79.0 Å². The number of amides is 11. The number of methoxy groups -OCH3 is 1. The molecule has 32 heteroatoms. The summed E-state index contributed by atoms with van der Waals surface area (Å²) in [5.74, 6) is -10.8. The number of benzene rings is 3. The molecule has 19 N–H and O–H groups in total. The topological polar surface area (TPSA) is 480 Å². The predicted octanol–water partition coefficient (Wildman–Crippen LogP) is -0.198. The van der Waals surface area contributed by atoms with E-state index >= 15 is 4.79 Å². The van der Waals surface area contributed by atoms with Gasteiger partial charge in [0.15, 0.2) is 0 Å². The molecule has 98 heavy (non-hydrogen) atoms. The van der Waals surface area contributed by atoms with Crippen molar-refractivity contribution in [2.75, 3.05) is 51.4 Å². The summed E-state index contributed by atoms with van der Waals surface area (Å²) < 4.78 is 5.31. The van der Waals surface area contributed by atoms with Gasteiger partial charge in [-0.05, 0) is 118 Å². The first-order chi connectivity index (χ1) is 47.1. The van der Waals surface area contributed by atoms with E-state index in [1.54, 1.807) is 12.3 Å². The number of aromatic amines is 1. The number of rotatable bonds is 24. The van der Waals surface area contributed by atoms with Crippen LogP contribution in [0.3, 0.4) is 0 Å². The van der Waals surface area contributed by atoms with Gasteiger partial charge in [-0.25, -0.2) is 0 Å². The Morgan fingerprint density at radius 3 is 1.94 bits per heavy atom. The lowest BCUT2D eigenvalue weighted by molar-refractivity contribution is -0.139. The fourth-order valence-electron chi connectivity index (χ4n) is 11.2. The number of H-pyrrole nitrogens is 1. The highest BCUT2D eigenvalue weighted by molar-refractivity contribution is 8.76. The molecule has 534 valence electrons. The number of carboxylic acids is 1. The molecule has 2 aliphatic heterocycles. The van der Waals surface area contributed by atoms with Gasteiger partial charge in [0.2, 0.25) is 65.0 Å². The van der Waals surface area contributed by atoms with Gasteiger partial charge in [-0.15, -0.1) is 0 Å².